The molecule has 0 bridgehead atoms. The Bertz CT molecular complexity index is 1220. The molecule has 7 nitrogen and oxygen atoms in total. The van der Waals surface area contributed by atoms with Crippen LogP contribution < -0.4 is 4.74 Å². The van der Waals surface area contributed by atoms with Crippen molar-refractivity contribution in [2.75, 3.05) is 20.1 Å². The number of aryl methyl sites for hydroxylation is 2. The number of hydrogen-bond acceptors (Lipinski definition) is 5. The number of ether oxygens (including phenoxy) is 1. The Morgan fingerprint density at radius 3 is 2.64 bits per heavy atom. The number of aromatic nitrogens is 2. The Labute approximate surface area is 220 Å². The summed E-state index contributed by atoms with van der Waals surface area (Å²) in [5.41, 5.74) is 2.24. The minimum Gasteiger partial charge on any atom is -0.490 e. The Morgan fingerprint density at radius 1 is 1.14 bits per heavy atom. The quantitative estimate of drug-likeness (QED) is 0.421. The van der Waals surface area contributed by atoms with Gasteiger partial charge in [0.2, 0.25) is 5.91 Å². The van der Waals surface area contributed by atoms with E-state index < -0.39 is 0 Å². The summed E-state index contributed by atoms with van der Waals surface area (Å²) >= 11 is 3.49. The molecule has 1 aromatic heterocycles. The molecule has 4 rings (SSSR count). The number of likely N-dealkylation sites (tertiary alicyclic amines) is 1. The highest BCUT2D eigenvalue weighted by atomic mass is 79.9. The molecule has 2 amide bonds. The van der Waals surface area contributed by atoms with Crippen LogP contribution in [0.3, 0.4) is 0 Å². The number of benzene rings is 2. The van der Waals surface area contributed by atoms with E-state index in [2.05, 4.69) is 25.9 Å². The summed E-state index contributed by atoms with van der Waals surface area (Å²) in [6.45, 7) is 5.13. The topological polar surface area (TPSA) is 75.6 Å². The van der Waals surface area contributed by atoms with Gasteiger partial charge in [-0.25, -0.2) is 9.97 Å². The monoisotopic (exact) mass is 550 g/mol. The third-order valence-electron chi connectivity index (χ3n) is 6.49. The second-order valence-corrected chi connectivity index (χ2v) is 10.2. The number of nitrogens with zero attached hydrogens (tertiary/aromatic N) is 4. The van der Waals surface area contributed by atoms with Gasteiger partial charge in [0.15, 0.2) is 0 Å². The fourth-order valence-corrected chi connectivity index (χ4v) is 4.93. The van der Waals surface area contributed by atoms with Crippen molar-refractivity contribution in [2.24, 2.45) is 5.92 Å². The van der Waals surface area contributed by atoms with E-state index in [1.54, 1.807) is 22.9 Å². The molecular formula is C28H31BrN4O3. The first kappa shape index (κ1) is 25.8. The van der Waals surface area contributed by atoms with E-state index in [-0.39, 0.29) is 30.3 Å². The van der Waals surface area contributed by atoms with E-state index in [9.17, 15) is 9.59 Å². The molecular weight excluding hydrogens is 520 g/mol. The van der Waals surface area contributed by atoms with Gasteiger partial charge in [-0.15, -0.1) is 0 Å². The maximum absolute atomic E-state index is 13.4. The first-order valence-electron chi connectivity index (χ1n) is 12.1. The van der Waals surface area contributed by atoms with Gasteiger partial charge in [0.25, 0.3) is 5.91 Å². The highest BCUT2D eigenvalue weighted by Gasteiger charge is 2.36. The van der Waals surface area contributed by atoms with Crippen LogP contribution >= 0.6 is 15.9 Å². The normalized spacial score (nSPS) is 17.5. The van der Waals surface area contributed by atoms with Gasteiger partial charge in [0.1, 0.15) is 17.7 Å². The van der Waals surface area contributed by atoms with Gasteiger partial charge < -0.3 is 14.5 Å². The molecule has 0 saturated carbocycles. The fraction of sp³-hybridized carbons (Fsp3) is 0.357. The molecule has 0 N–H and O–H groups in total. The van der Waals surface area contributed by atoms with Crippen LogP contribution in [0.25, 0.3) is 0 Å². The number of piperidine rings is 1. The summed E-state index contributed by atoms with van der Waals surface area (Å²) in [5.74, 6) is 1.14. The fourth-order valence-electron chi connectivity index (χ4n) is 4.55. The molecule has 1 saturated heterocycles. The van der Waals surface area contributed by atoms with E-state index in [0.717, 1.165) is 15.8 Å². The standard InChI is InChI=1S/C28H31BrN4O3/c1-19-25(16-30-20(2)31-19)28(35)33-13-12-26(36-24-11-7-10-23(29)15-24)22(18-33)14-27(34)32(3)17-21-8-5-4-6-9-21/h4-11,15-16,22,26H,12-14,17-18H2,1-3H3/t22-,26-/m0/s1. The second kappa shape index (κ2) is 11.6. The van der Waals surface area contributed by atoms with Crippen molar-refractivity contribution in [1.29, 1.82) is 0 Å². The minimum atomic E-state index is -0.187. The molecule has 2 heterocycles. The first-order valence-corrected chi connectivity index (χ1v) is 12.9. The lowest BCUT2D eigenvalue weighted by Crippen LogP contribution is -2.49. The van der Waals surface area contributed by atoms with Crippen molar-refractivity contribution in [3.63, 3.8) is 0 Å². The van der Waals surface area contributed by atoms with Crippen LogP contribution in [0.4, 0.5) is 0 Å². The largest absolute Gasteiger partial charge is 0.490 e. The van der Waals surface area contributed by atoms with Crippen molar-refractivity contribution in [3.05, 3.63) is 87.9 Å². The molecule has 8 heteroatoms. The molecule has 0 radical (unpaired) electrons. The number of amides is 2. The Kier molecular flexibility index (Phi) is 8.36. The van der Waals surface area contributed by atoms with Crippen LogP contribution in [0.1, 0.15) is 40.3 Å². The van der Waals surface area contributed by atoms with Crippen molar-refractivity contribution in [3.8, 4) is 5.75 Å². The van der Waals surface area contributed by atoms with Crippen LogP contribution in [0.15, 0.2) is 65.3 Å². The molecule has 0 aliphatic carbocycles. The molecule has 0 spiro atoms. The summed E-state index contributed by atoms with van der Waals surface area (Å²) < 4.78 is 7.29. The van der Waals surface area contributed by atoms with Gasteiger partial charge in [-0.3, -0.25) is 9.59 Å². The summed E-state index contributed by atoms with van der Waals surface area (Å²) in [6.07, 6.45) is 2.32. The maximum Gasteiger partial charge on any atom is 0.257 e. The highest BCUT2D eigenvalue weighted by Crippen LogP contribution is 2.29. The zero-order valence-corrected chi connectivity index (χ0v) is 22.4. The zero-order valence-electron chi connectivity index (χ0n) is 20.9. The Morgan fingerprint density at radius 2 is 1.92 bits per heavy atom. The molecule has 0 unspecified atom stereocenters. The van der Waals surface area contributed by atoms with Gasteiger partial charge in [0.05, 0.1) is 11.3 Å². The summed E-state index contributed by atoms with van der Waals surface area (Å²) in [6, 6.07) is 17.6. The number of rotatable bonds is 7. The van der Waals surface area contributed by atoms with E-state index in [1.807, 2.05) is 68.6 Å². The molecule has 36 heavy (non-hydrogen) atoms. The SMILES string of the molecule is Cc1ncc(C(=O)N2CC[C@H](Oc3cccc(Br)c3)[C@@H](CC(=O)N(C)Cc3ccccc3)C2)c(C)n1. The molecule has 2 aromatic carbocycles. The van der Waals surface area contributed by atoms with Crippen LogP contribution in [0, 0.1) is 19.8 Å². The molecule has 188 valence electrons. The lowest BCUT2D eigenvalue weighted by atomic mass is 9.90. The van der Waals surface area contributed by atoms with Crippen LogP contribution in [-0.2, 0) is 11.3 Å². The Balaban J connectivity index is 1.51. The number of carbonyl (C=O) groups is 2. The summed E-state index contributed by atoms with van der Waals surface area (Å²) in [7, 11) is 1.82. The van der Waals surface area contributed by atoms with Crippen molar-refractivity contribution < 1.29 is 14.3 Å². The van der Waals surface area contributed by atoms with Crippen LogP contribution in [0.5, 0.6) is 5.75 Å². The zero-order chi connectivity index (χ0) is 25.7. The van der Waals surface area contributed by atoms with Crippen molar-refractivity contribution in [1.82, 2.24) is 19.8 Å². The minimum absolute atomic E-state index is 0.0239. The number of halogens is 1. The summed E-state index contributed by atoms with van der Waals surface area (Å²) in [5, 5.41) is 0. The van der Waals surface area contributed by atoms with Gasteiger partial charge in [0, 0.05) is 56.1 Å². The third kappa shape index (κ3) is 6.49. The van der Waals surface area contributed by atoms with E-state index in [0.29, 0.717) is 43.1 Å². The average molecular weight is 551 g/mol. The first-order chi connectivity index (χ1) is 17.3. The van der Waals surface area contributed by atoms with Gasteiger partial charge in [-0.05, 0) is 37.6 Å². The van der Waals surface area contributed by atoms with Crippen molar-refractivity contribution >= 4 is 27.7 Å². The third-order valence-corrected chi connectivity index (χ3v) is 6.98. The average Bonchev–Trinajstić information content (AvgIpc) is 2.85. The molecule has 2 atom stereocenters. The van der Waals surface area contributed by atoms with Crippen LogP contribution in [0.2, 0.25) is 0 Å². The summed E-state index contributed by atoms with van der Waals surface area (Å²) in [4.78, 5) is 38.7. The molecule has 1 fully saturated rings. The smallest absolute Gasteiger partial charge is 0.257 e. The van der Waals surface area contributed by atoms with E-state index in [1.165, 1.54) is 0 Å². The van der Waals surface area contributed by atoms with Gasteiger partial charge in [-0.2, -0.15) is 0 Å². The Hall–Kier alpha value is -3.26. The molecule has 1 aliphatic heterocycles. The number of hydrogen-bond donors (Lipinski definition) is 0. The van der Waals surface area contributed by atoms with E-state index >= 15 is 0 Å². The van der Waals surface area contributed by atoms with Crippen LogP contribution in [-0.4, -0.2) is 57.8 Å². The molecule has 3 aromatic rings. The second-order valence-electron chi connectivity index (χ2n) is 9.27. The maximum atomic E-state index is 13.4. The predicted molar refractivity (Wildman–Crippen MR) is 142 cm³/mol. The van der Waals surface area contributed by atoms with E-state index in [4.69, 9.17) is 4.74 Å². The van der Waals surface area contributed by atoms with Gasteiger partial charge >= 0.3 is 0 Å². The lowest BCUT2D eigenvalue weighted by molar-refractivity contribution is -0.133. The number of carbonyl (C=O) groups excluding carboxylic acids is 2. The highest BCUT2D eigenvalue weighted by molar-refractivity contribution is 9.10. The lowest BCUT2D eigenvalue weighted by Gasteiger charge is -2.39. The molecule has 1 aliphatic rings. The van der Waals surface area contributed by atoms with Crippen molar-refractivity contribution in [2.45, 2.75) is 39.3 Å². The predicted octanol–water partition coefficient (Wildman–Crippen LogP) is 4.81. The van der Waals surface area contributed by atoms with Gasteiger partial charge in [-0.1, -0.05) is 52.3 Å².